The molecule has 0 bridgehead atoms. The fourth-order valence-electron chi connectivity index (χ4n) is 2.98. The molecule has 1 atom stereocenters. The molecule has 0 fully saturated rings. The molecule has 1 N–H and O–H groups in total. The second kappa shape index (κ2) is 8.54. The van der Waals surface area contributed by atoms with Crippen molar-refractivity contribution in [2.75, 3.05) is 13.1 Å². The number of aromatic nitrogens is 2. The van der Waals surface area contributed by atoms with E-state index in [1.54, 1.807) is 29.6 Å². The van der Waals surface area contributed by atoms with Crippen LogP contribution >= 0.6 is 0 Å². The Morgan fingerprint density at radius 2 is 2.04 bits per heavy atom. The number of aliphatic hydroxyl groups is 1. The van der Waals surface area contributed by atoms with Crippen LogP contribution in [0.3, 0.4) is 0 Å². The molecule has 0 spiro atoms. The van der Waals surface area contributed by atoms with Crippen LogP contribution in [-0.4, -0.2) is 39.0 Å². The van der Waals surface area contributed by atoms with Crippen LogP contribution in [0.1, 0.15) is 30.6 Å². The third-order valence-electron chi connectivity index (χ3n) is 4.33. The van der Waals surface area contributed by atoms with Crippen molar-refractivity contribution in [3.8, 4) is 0 Å². The first kappa shape index (κ1) is 18.0. The van der Waals surface area contributed by atoms with Crippen molar-refractivity contribution in [2.24, 2.45) is 0 Å². The Hall–Kier alpha value is -2.79. The Labute approximate surface area is 153 Å². The number of amides is 1. The van der Waals surface area contributed by atoms with E-state index in [1.807, 2.05) is 43.3 Å². The van der Waals surface area contributed by atoms with Crippen molar-refractivity contribution in [3.63, 3.8) is 0 Å². The molecule has 134 valence electrons. The Balaban J connectivity index is 1.71. The highest BCUT2D eigenvalue weighted by atomic mass is 16.3. The van der Waals surface area contributed by atoms with Crippen LogP contribution in [0.2, 0.25) is 0 Å². The largest absolute Gasteiger partial charge is 0.386 e. The Kier molecular flexibility index (Phi) is 5.92. The monoisotopic (exact) mass is 349 g/mol. The zero-order valence-corrected chi connectivity index (χ0v) is 14.9. The SMILES string of the molecule is CCCN(CC(O)c1cccnc1)C(=O)Cc1ccc2cccnc2c1. The molecule has 5 heteroatoms. The molecule has 0 aliphatic carbocycles. The Morgan fingerprint density at radius 3 is 2.81 bits per heavy atom. The predicted octanol–water partition coefficient (Wildman–Crippen LogP) is 3.14. The maximum atomic E-state index is 12.8. The van der Waals surface area contributed by atoms with Gasteiger partial charge in [0.25, 0.3) is 0 Å². The van der Waals surface area contributed by atoms with Crippen LogP contribution in [0, 0.1) is 0 Å². The lowest BCUT2D eigenvalue weighted by Gasteiger charge is -2.25. The van der Waals surface area contributed by atoms with E-state index in [0.29, 0.717) is 13.0 Å². The summed E-state index contributed by atoms with van der Waals surface area (Å²) < 4.78 is 0. The molecule has 3 aromatic rings. The number of aliphatic hydroxyl groups excluding tert-OH is 1. The van der Waals surface area contributed by atoms with Crippen LogP contribution in [0.25, 0.3) is 10.9 Å². The van der Waals surface area contributed by atoms with Gasteiger partial charge < -0.3 is 10.0 Å². The maximum absolute atomic E-state index is 12.8. The Bertz CT molecular complexity index is 867. The number of benzene rings is 1. The van der Waals surface area contributed by atoms with Gasteiger partial charge in [-0.25, -0.2) is 0 Å². The smallest absolute Gasteiger partial charge is 0.227 e. The van der Waals surface area contributed by atoms with Gasteiger partial charge in [0, 0.05) is 36.1 Å². The van der Waals surface area contributed by atoms with Crippen molar-refractivity contribution >= 4 is 16.8 Å². The first-order valence-electron chi connectivity index (χ1n) is 8.87. The molecule has 1 aromatic carbocycles. The van der Waals surface area contributed by atoms with Gasteiger partial charge in [0.1, 0.15) is 0 Å². The molecule has 5 nitrogen and oxygen atoms in total. The molecule has 0 saturated carbocycles. The second-order valence-corrected chi connectivity index (χ2v) is 6.35. The van der Waals surface area contributed by atoms with E-state index in [2.05, 4.69) is 9.97 Å². The fraction of sp³-hybridized carbons (Fsp3) is 0.286. The van der Waals surface area contributed by atoms with Crippen molar-refractivity contribution in [3.05, 3.63) is 72.2 Å². The summed E-state index contributed by atoms with van der Waals surface area (Å²) in [5, 5.41) is 11.5. The molecular weight excluding hydrogens is 326 g/mol. The van der Waals surface area contributed by atoms with E-state index in [4.69, 9.17) is 0 Å². The lowest BCUT2D eigenvalue weighted by molar-refractivity contribution is -0.132. The summed E-state index contributed by atoms with van der Waals surface area (Å²) in [6.07, 6.45) is 5.45. The third-order valence-corrected chi connectivity index (χ3v) is 4.33. The van der Waals surface area contributed by atoms with Crippen LogP contribution in [0.4, 0.5) is 0 Å². The number of nitrogens with zero attached hydrogens (tertiary/aromatic N) is 3. The first-order valence-corrected chi connectivity index (χ1v) is 8.87. The lowest BCUT2D eigenvalue weighted by atomic mass is 10.1. The molecule has 3 rings (SSSR count). The topological polar surface area (TPSA) is 66.3 Å². The van der Waals surface area contributed by atoms with Crippen LogP contribution in [-0.2, 0) is 11.2 Å². The molecule has 0 aliphatic heterocycles. The lowest BCUT2D eigenvalue weighted by Crippen LogP contribution is -2.36. The van der Waals surface area contributed by atoms with Gasteiger partial charge in [0.15, 0.2) is 0 Å². The van der Waals surface area contributed by atoms with Gasteiger partial charge in [0.05, 0.1) is 24.6 Å². The van der Waals surface area contributed by atoms with Crippen LogP contribution in [0.5, 0.6) is 0 Å². The van der Waals surface area contributed by atoms with Crippen molar-refractivity contribution in [1.29, 1.82) is 0 Å². The molecule has 1 unspecified atom stereocenters. The normalized spacial score (nSPS) is 12.1. The highest BCUT2D eigenvalue weighted by Crippen LogP contribution is 2.16. The predicted molar refractivity (Wildman–Crippen MR) is 102 cm³/mol. The molecule has 0 saturated heterocycles. The van der Waals surface area contributed by atoms with Gasteiger partial charge in [-0.3, -0.25) is 14.8 Å². The summed E-state index contributed by atoms with van der Waals surface area (Å²) in [6, 6.07) is 13.4. The minimum Gasteiger partial charge on any atom is -0.386 e. The van der Waals surface area contributed by atoms with Crippen LogP contribution < -0.4 is 0 Å². The summed E-state index contributed by atoms with van der Waals surface area (Å²) in [5.74, 6) is 0.00470. The zero-order valence-electron chi connectivity index (χ0n) is 14.9. The standard InChI is InChI=1S/C21H23N3O2/c1-2-11-24(15-20(25)18-6-3-9-22-14-18)21(26)13-16-7-8-17-5-4-10-23-19(17)12-16/h3-10,12,14,20,25H,2,11,13,15H2,1H3. The van der Waals surface area contributed by atoms with E-state index < -0.39 is 6.10 Å². The van der Waals surface area contributed by atoms with Crippen molar-refractivity contribution < 1.29 is 9.90 Å². The third kappa shape index (κ3) is 4.43. The fourth-order valence-corrected chi connectivity index (χ4v) is 2.98. The van der Waals surface area contributed by atoms with E-state index in [-0.39, 0.29) is 12.5 Å². The molecule has 0 aliphatic rings. The second-order valence-electron chi connectivity index (χ2n) is 6.35. The molecular formula is C21H23N3O2. The summed E-state index contributed by atoms with van der Waals surface area (Å²) in [4.78, 5) is 22.9. The maximum Gasteiger partial charge on any atom is 0.227 e. The van der Waals surface area contributed by atoms with Crippen molar-refractivity contribution in [1.82, 2.24) is 14.9 Å². The van der Waals surface area contributed by atoms with E-state index >= 15 is 0 Å². The quantitative estimate of drug-likeness (QED) is 0.712. The number of rotatable bonds is 7. The molecule has 0 radical (unpaired) electrons. The average molecular weight is 349 g/mol. The summed E-state index contributed by atoms with van der Waals surface area (Å²) >= 11 is 0. The molecule has 2 aromatic heterocycles. The van der Waals surface area contributed by atoms with Gasteiger partial charge in [-0.15, -0.1) is 0 Å². The van der Waals surface area contributed by atoms with Gasteiger partial charge in [-0.05, 0) is 30.2 Å². The number of carbonyl (C=O) groups is 1. The highest BCUT2D eigenvalue weighted by Gasteiger charge is 2.18. The van der Waals surface area contributed by atoms with E-state index in [1.165, 1.54) is 0 Å². The van der Waals surface area contributed by atoms with Gasteiger partial charge in [-0.2, -0.15) is 0 Å². The number of hydrogen-bond donors (Lipinski definition) is 1. The zero-order chi connectivity index (χ0) is 18.4. The van der Waals surface area contributed by atoms with Gasteiger partial charge in [0.2, 0.25) is 5.91 Å². The summed E-state index contributed by atoms with van der Waals surface area (Å²) in [7, 11) is 0. The van der Waals surface area contributed by atoms with Crippen LogP contribution in [0.15, 0.2) is 61.1 Å². The minimum absolute atomic E-state index is 0.00470. The van der Waals surface area contributed by atoms with Crippen molar-refractivity contribution in [2.45, 2.75) is 25.9 Å². The number of carbonyl (C=O) groups excluding carboxylic acids is 1. The Morgan fingerprint density at radius 1 is 1.19 bits per heavy atom. The molecule has 2 heterocycles. The summed E-state index contributed by atoms with van der Waals surface area (Å²) in [5.41, 5.74) is 2.53. The van der Waals surface area contributed by atoms with E-state index in [9.17, 15) is 9.90 Å². The number of hydrogen-bond acceptors (Lipinski definition) is 4. The van der Waals surface area contributed by atoms with E-state index in [0.717, 1.165) is 28.5 Å². The average Bonchev–Trinajstić information content (AvgIpc) is 2.68. The van der Waals surface area contributed by atoms with Gasteiger partial charge in [-0.1, -0.05) is 31.2 Å². The van der Waals surface area contributed by atoms with Gasteiger partial charge >= 0.3 is 0 Å². The highest BCUT2D eigenvalue weighted by molar-refractivity contribution is 5.83. The summed E-state index contributed by atoms with van der Waals surface area (Å²) in [6.45, 7) is 2.91. The molecule has 26 heavy (non-hydrogen) atoms. The first-order chi connectivity index (χ1) is 12.7. The molecule has 1 amide bonds. The number of pyridine rings is 2. The number of fused-ring (bicyclic) bond motifs is 1. The minimum atomic E-state index is -0.738.